The second-order valence-electron chi connectivity index (χ2n) is 15.1. The second-order valence-corrected chi connectivity index (χ2v) is 16.1. The first-order chi connectivity index (χ1) is 30.4. The van der Waals surface area contributed by atoms with Crippen molar-refractivity contribution in [3.8, 4) is 33.7 Å². The Morgan fingerprint density at radius 2 is 1.37 bits per heavy atom. The monoisotopic (exact) mass is 844 g/mol. The molecule has 11 heteroatoms. The number of oxazole rings is 1. The molecule has 314 valence electrons. The standard InChI is InChI=1S/C51H48N4O6S/c52-43-20-7-8-21-44(43)54-47(58)23-11-22-46(57)53-31-35-12-9-17-39(28-35)40-18-10-19-41(29-40)50-59-42(30-45(60-50)36-26-24-34(32-56)25-27-36)33-62-51-55-48(37-13-3-1-4-14-37)49(61-51)38-15-5-2-6-16-38/h1-10,12-21,24-29,42,45,50,56H,11,22-23,30-33,52H2,(H,53,57)(H,54,58)/t42-,45+,50+/m1/s1. The molecule has 1 aromatic heterocycles. The number of nitrogens with zero attached hydrogens (tertiary/aromatic N) is 1. The summed E-state index contributed by atoms with van der Waals surface area (Å²) in [6.45, 7) is 0.323. The predicted molar refractivity (Wildman–Crippen MR) is 244 cm³/mol. The van der Waals surface area contributed by atoms with Crippen molar-refractivity contribution < 1.29 is 28.6 Å². The molecule has 10 nitrogen and oxygen atoms in total. The molecule has 7 aromatic rings. The van der Waals surface area contributed by atoms with Crippen LogP contribution in [0, 0.1) is 0 Å². The summed E-state index contributed by atoms with van der Waals surface area (Å²) >= 11 is 1.52. The van der Waals surface area contributed by atoms with E-state index in [1.165, 1.54) is 11.8 Å². The summed E-state index contributed by atoms with van der Waals surface area (Å²) < 4.78 is 19.9. The van der Waals surface area contributed by atoms with Crippen molar-refractivity contribution in [3.63, 3.8) is 0 Å². The number of nitrogens with one attached hydrogen (secondary N) is 2. The Hall–Kier alpha value is -6.50. The van der Waals surface area contributed by atoms with Crippen molar-refractivity contribution in [2.24, 2.45) is 0 Å². The van der Waals surface area contributed by atoms with Gasteiger partial charge >= 0.3 is 0 Å². The fourth-order valence-electron chi connectivity index (χ4n) is 7.37. The summed E-state index contributed by atoms with van der Waals surface area (Å²) in [5, 5.41) is 16.1. The first-order valence-electron chi connectivity index (χ1n) is 20.7. The van der Waals surface area contributed by atoms with Crippen molar-refractivity contribution in [3.05, 3.63) is 180 Å². The number of anilines is 2. The van der Waals surface area contributed by atoms with Gasteiger partial charge in [-0.1, -0.05) is 145 Å². The Labute approximate surface area is 365 Å². The Morgan fingerprint density at radius 3 is 2.13 bits per heavy atom. The first kappa shape index (κ1) is 42.2. The quantitative estimate of drug-likeness (QED) is 0.0551. The number of aliphatic hydroxyl groups is 1. The van der Waals surface area contributed by atoms with E-state index >= 15 is 0 Å². The maximum absolute atomic E-state index is 12.7. The number of rotatable bonds is 16. The zero-order chi connectivity index (χ0) is 42.7. The molecule has 0 radical (unpaired) electrons. The summed E-state index contributed by atoms with van der Waals surface area (Å²) in [7, 11) is 0. The third-order valence-electron chi connectivity index (χ3n) is 10.6. The molecule has 6 aromatic carbocycles. The van der Waals surface area contributed by atoms with Crippen LogP contribution in [0.3, 0.4) is 0 Å². The van der Waals surface area contributed by atoms with Gasteiger partial charge in [-0.3, -0.25) is 9.59 Å². The molecule has 2 amide bonds. The van der Waals surface area contributed by atoms with E-state index in [4.69, 9.17) is 24.6 Å². The topological polar surface area (TPSA) is 149 Å². The number of nitrogens with two attached hydrogens (primary N) is 1. The van der Waals surface area contributed by atoms with Crippen LogP contribution in [-0.4, -0.2) is 33.8 Å². The molecule has 0 unspecified atom stereocenters. The minimum Gasteiger partial charge on any atom is -0.431 e. The number of hydrogen-bond donors (Lipinski definition) is 4. The lowest BCUT2D eigenvalue weighted by Gasteiger charge is -2.36. The van der Waals surface area contributed by atoms with Gasteiger partial charge in [-0.15, -0.1) is 0 Å². The molecule has 0 spiro atoms. The van der Waals surface area contributed by atoms with Gasteiger partial charge in [0.05, 0.1) is 30.2 Å². The van der Waals surface area contributed by atoms with Crippen LogP contribution in [-0.2, 0) is 32.2 Å². The van der Waals surface area contributed by atoms with E-state index in [9.17, 15) is 14.7 Å². The zero-order valence-electron chi connectivity index (χ0n) is 34.1. The van der Waals surface area contributed by atoms with Crippen molar-refractivity contribution in [2.45, 2.75) is 62.6 Å². The Kier molecular flexibility index (Phi) is 13.9. The van der Waals surface area contributed by atoms with Gasteiger partial charge in [0.25, 0.3) is 5.22 Å². The average molecular weight is 845 g/mol. The van der Waals surface area contributed by atoms with E-state index in [2.05, 4.69) is 22.8 Å². The highest BCUT2D eigenvalue weighted by Crippen LogP contribution is 2.41. The zero-order valence-corrected chi connectivity index (χ0v) is 34.9. The highest BCUT2D eigenvalue weighted by molar-refractivity contribution is 7.99. The highest BCUT2D eigenvalue weighted by Gasteiger charge is 2.33. The highest BCUT2D eigenvalue weighted by atomic mass is 32.2. The van der Waals surface area contributed by atoms with Crippen molar-refractivity contribution in [2.75, 3.05) is 16.8 Å². The third-order valence-corrected chi connectivity index (χ3v) is 11.6. The third kappa shape index (κ3) is 10.9. The number of nitrogen functional groups attached to an aromatic ring is 1. The summed E-state index contributed by atoms with van der Waals surface area (Å²) in [6.07, 6.45) is 0.351. The van der Waals surface area contributed by atoms with E-state index < -0.39 is 6.29 Å². The van der Waals surface area contributed by atoms with Gasteiger partial charge < -0.3 is 35.4 Å². The van der Waals surface area contributed by atoms with Gasteiger partial charge in [-0.25, -0.2) is 4.98 Å². The molecule has 1 aliphatic rings. The van der Waals surface area contributed by atoms with Gasteiger partial charge in [0.15, 0.2) is 12.1 Å². The van der Waals surface area contributed by atoms with Crippen LogP contribution < -0.4 is 16.4 Å². The fraction of sp³-hybridized carbons (Fsp3) is 0.196. The molecule has 8 rings (SSSR count). The number of thioether (sulfide) groups is 1. The maximum atomic E-state index is 12.7. The number of hydrogen-bond acceptors (Lipinski definition) is 9. The van der Waals surface area contributed by atoms with Crippen LogP contribution in [0.15, 0.2) is 167 Å². The molecule has 1 fully saturated rings. The number of para-hydroxylation sites is 2. The number of aromatic nitrogens is 1. The van der Waals surface area contributed by atoms with E-state index in [-0.39, 0.29) is 43.5 Å². The van der Waals surface area contributed by atoms with E-state index in [1.807, 2.05) is 127 Å². The largest absolute Gasteiger partial charge is 0.431 e. The van der Waals surface area contributed by atoms with Gasteiger partial charge in [0.2, 0.25) is 11.8 Å². The van der Waals surface area contributed by atoms with E-state index in [0.29, 0.717) is 41.7 Å². The molecule has 0 bridgehead atoms. The van der Waals surface area contributed by atoms with Gasteiger partial charge in [-0.2, -0.15) is 0 Å². The van der Waals surface area contributed by atoms with E-state index in [1.54, 1.807) is 18.2 Å². The molecule has 0 aliphatic carbocycles. The average Bonchev–Trinajstić information content (AvgIpc) is 3.76. The SMILES string of the molecule is Nc1ccccc1NC(=O)CCCC(=O)NCc1cccc(-c2cccc([C@H]3O[C@@H](CSc4nc(-c5ccccc5)c(-c5ccccc5)o4)C[C@@H](c4ccc(CO)cc4)O3)c2)c1. The summed E-state index contributed by atoms with van der Waals surface area (Å²) in [4.78, 5) is 30.1. The molecule has 1 aliphatic heterocycles. The number of benzene rings is 6. The Bertz CT molecular complexity index is 2530. The number of amides is 2. The number of aliphatic hydroxyl groups excluding tert-OH is 1. The lowest BCUT2D eigenvalue weighted by Crippen LogP contribution is -2.31. The van der Waals surface area contributed by atoms with Crippen LogP contribution >= 0.6 is 11.8 Å². The summed E-state index contributed by atoms with van der Waals surface area (Å²) in [5.74, 6) is 0.998. The molecule has 62 heavy (non-hydrogen) atoms. The van der Waals surface area contributed by atoms with Crippen LogP contribution in [0.4, 0.5) is 11.4 Å². The first-order valence-corrected chi connectivity index (χ1v) is 21.7. The molecular weight excluding hydrogens is 797 g/mol. The van der Waals surface area contributed by atoms with Crippen molar-refractivity contribution in [1.82, 2.24) is 10.3 Å². The number of carbonyl (C=O) groups is 2. The van der Waals surface area contributed by atoms with Crippen LogP contribution in [0.2, 0.25) is 0 Å². The molecule has 3 atom stereocenters. The molecule has 1 saturated heterocycles. The van der Waals surface area contributed by atoms with Gasteiger partial charge in [0, 0.05) is 48.3 Å². The Balaban J connectivity index is 0.938. The number of carbonyl (C=O) groups excluding carboxylic acids is 2. The second kappa shape index (κ2) is 20.4. The minimum absolute atomic E-state index is 0.0323. The van der Waals surface area contributed by atoms with Gasteiger partial charge in [0.1, 0.15) is 5.69 Å². The van der Waals surface area contributed by atoms with Crippen LogP contribution in [0.25, 0.3) is 33.7 Å². The molecule has 5 N–H and O–H groups in total. The molecule has 0 saturated carbocycles. The van der Waals surface area contributed by atoms with Crippen molar-refractivity contribution in [1.29, 1.82) is 0 Å². The smallest absolute Gasteiger partial charge is 0.256 e. The summed E-state index contributed by atoms with van der Waals surface area (Å²) in [6, 6.07) is 51.3. The lowest BCUT2D eigenvalue weighted by atomic mass is 9.99. The fourth-order valence-corrected chi connectivity index (χ4v) is 8.22. The summed E-state index contributed by atoms with van der Waals surface area (Å²) in [5.41, 5.74) is 15.4. The Morgan fingerprint density at radius 1 is 0.694 bits per heavy atom. The van der Waals surface area contributed by atoms with E-state index in [0.717, 1.165) is 56.0 Å². The molecular formula is C51H48N4O6S. The lowest BCUT2D eigenvalue weighted by molar-refractivity contribution is -0.245. The van der Waals surface area contributed by atoms with Crippen molar-refractivity contribution >= 4 is 35.0 Å². The van der Waals surface area contributed by atoms with Gasteiger partial charge in [-0.05, 0) is 58.5 Å². The number of ether oxygens (including phenoxy) is 2. The molecule has 2 heterocycles. The van der Waals surface area contributed by atoms with Crippen LogP contribution in [0.1, 0.15) is 60.3 Å². The predicted octanol–water partition coefficient (Wildman–Crippen LogP) is 10.5. The maximum Gasteiger partial charge on any atom is 0.256 e. The van der Waals surface area contributed by atoms with Crippen LogP contribution in [0.5, 0.6) is 0 Å². The minimum atomic E-state index is -0.657. The normalized spacial score (nSPS) is 16.1.